The van der Waals surface area contributed by atoms with Crippen molar-refractivity contribution in [1.82, 2.24) is 10.2 Å². The van der Waals surface area contributed by atoms with Crippen LogP contribution in [-0.2, 0) is 0 Å². The van der Waals surface area contributed by atoms with Crippen molar-refractivity contribution in [3.8, 4) is 0 Å². The van der Waals surface area contributed by atoms with E-state index < -0.39 is 0 Å². The first-order chi connectivity index (χ1) is 6.63. The Morgan fingerprint density at radius 3 is 2.50 bits per heavy atom. The Morgan fingerprint density at radius 2 is 2.00 bits per heavy atom. The van der Waals surface area contributed by atoms with Crippen LogP contribution < -0.4 is 5.73 Å². The third-order valence-electron chi connectivity index (χ3n) is 1.82. The van der Waals surface area contributed by atoms with Gasteiger partial charge >= 0.3 is 0 Å². The first-order valence-corrected chi connectivity index (χ1v) is 7.42. The molecule has 0 saturated heterocycles. The first kappa shape index (κ1) is 12.3. The van der Waals surface area contributed by atoms with Gasteiger partial charge in [-0.15, -0.1) is 10.2 Å². The van der Waals surface area contributed by atoms with Gasteiger partial charge in [0.25, 0.3) is 0 Å². The van der Waals surface area contributed by atoms with Crippen molar-refractivity contribution in [2.45, 2.75) is 28.6 Å². The summed E-state index contributed by atoms with van der Waals surface area (Å²) in [5.41, 5.74) is 5.93. The Hall–Kier alpha value is 0.220. The second-order valence-corrected chi connectivity index (χ2v) is 6.55. The molecule has 0 aliphatic heterocycles. The Balaban J connectivity index is 2.37. The maximum Gasteiger partial charge on any atom is 0.175 e. The molecule has 3 nitrogen and oxygen atoms in total. The second kappa shape index (κ2) is 5.95. The summed E-state index contributed by atoms with van der Waals surface area (Å²) in [7, 11) is 0. The third-order valence-corrected chi connectivity index (χ3v) is 5.00. The van der Waals surface area contributed by atoms with Crippen LogP contribution in [0.1, 0.15) is 13.8 Å². The molecule has 14 heavy (non-hydrogen) atoms. The summed E-state index contributed by atoms with van der Waals surface area (Å²) in [4.78, 5) is 0. The average Bonchev–Trinajstić information content (AvgIpc) is 2.61. The van der Waals surface area contributed by atoms with E-state index in [0.29, 0.717) is 5.92 Å². The molecule has 1 atom stereocenters. The van der Waals surface area contributed by atoms with Crippen LogP contribution in [0, 0.1) is 5.92 Å². The molecule has 1 aromatic rings. The van der Waals surface area contributed by atoms with Crippen LogP contribution in [0.4, 0.5) is 0 Å². The number of aromatic nitrogens is 2. The van der Waals surface area contributed by atoms with E-state index in [4.69, 9.17) is 5.73 Å². The zero-order chi connectivity index (χ0) is 10.6. The predicted octanol–water partition coefficient (Wildman–Crippen LogP) is 2.34. The van der Waals surface area contributed by atoms with Gasteiger partial charge in [0.05, 0.1) is 0 Å². The Labute approximate surface area is 97.3 Å². The monoisotopic (exact) mass is 249 g/mol. The molecule has 6 heteroatoms. The predicted molar refractivity (Wildman–Crippen MR) is 65.2 cm³/mol. The molecule has 1 rings (SSSR count). The molecule has 0 fully saturated rings. The molecular weight excluding hydrogens is 234 g/mol. The number of nitrogens with zero attached hydrogens (tertiary/aromatic N) is 2. The van der Waals surface area contributed by atoms with Gasteiger partial charge in [0.15, 0.2) is 8.68 Å². The summed E-state index contributed by atoms with van der Waals surface area (Å²) in [6, 6.07) is 0.238. The smallest absolute Gasteiger partial charge is 0.175 e. The number of hydrogen-bond acceptors (Lipinski definition) is 6. The maximum absolute atomic E-state index is 5.93. The van der Waals surface area contributed by atoms with Gasteiger partial charge in [-0.1, -0.05) is 48.7 Å². The van der Waals surface area contributed by atoms with Crippen LogP contribution in [0.5, 0.6) is 0 Å². The highest BCUT2D eigenvalue weighted by molar-refractivity contribution is 8.03. The third kappa shape index (κ3) is 3.76. The Kier molecular flexibility index (Phi) is 5.22. The van der Waals surface area contributed by atoms with Crippen molar-refractivity contribution < 1.29 is 0 Å². The molecule has 1 unspecified atom stereocenters. The lowest BCUT2D eigenvalue weighted by Gasteiger charge is -2.13. The van der Waals surface area contributed by atoms with E-state index in [1.807, 2.05) is 6.26 Å². The minimum absolute atomic E-state index is 0.238. The van der Waals surface area contributed by atoms with Crippen molar-refractivity contribution in [1.29, 1.82) is 0 Å². The van der Waals surface area contributed by atoms with E-state index in [2.05, 4.69) is 24.0 Å². The molecule has 2 N–H and O–H groups in total. The van der Waals surface area contributed by atoms with Crippen molar-refractivity contribution in [3.63, 3.8) is 0 Å². The molecular formula is C8H15N3S3. The van der Waals surface area contributed by atoms with E-state index in [9.17, 15) is 0 Å². The summed E-state index contributed by atoms with van der Waals surface area (Å²) in [6.07, 6.45) is 2.01. The molecule has 0 saturated carbocycles. The van der Waals surface area contributed by atoms with E-state index in [1.165, 1.54) is 0 Å². The number of hydrogen-bond donors (Lipinski definition) is 1. The topological polar surface area (TPSA) is 51.8 Å². The lowest BCUT2D eigenvalue weighted by atomic mass is 10.1. The molecule has 1 heterocycles. The highest BCUT2D eigenvalue weighted by atomic mass is 32.2. The van der Waals surface area contributed by atoms with Crippen LogP contribution in [0.3, 0.4) is 0 Å². The van der Waals surface area contributed by atoms with Gasteiger partial charge in [0.1, 0.15) is 0 Å². The van der Waals surface area contributed by atoms with Crippen molar-refractivity contribution in [2.75, 3.05) is 12.0 Å². The van der Waals surface area contributed by atoms with E-state index >= 15 is 0 Å². The first-order valence-electron chi connectivity index (χ1n) is 4.39. The van der Waals surface area contributed by atoms with Crippen molar-refractivity contribution in [2.24, 2.45) is 11.7 Å². The largest absolute Gasteiger partial charge is 0.327 e. The van der Waals surface area contributed by atoms with E-state index in [0.717, 1.165) is 14.4 Å². The Morgan fingerprint density at radius 1 is 1.36 bits per heavy atom. The minimum Gasteiger partial charge on any atom is -0.327 e. The lowest BCUT2D eigenvalue weighted by Crippen LogP contribution is -2.28. The summed E-state index contributed by atoms with van der Waals surface area (Å²) in [5, 5.41) is 8.10. The molecule has 0 aromatic carbocycles. The molecule has 0 aliphatic carbocycles. The quantitative estimate of drug-likeness (QED) is 0.812. The van der Waals surface area contributed by atoms with Gasteiger partial charge in [-0.3, -0.25) is 0 Å². The molecule has 0 radical (unpaired) electrons. The number of nitrogens with two attached hydrogens (primary N) is 1. The van der Waals surface area contributed by atoms with Gasteiger partial charge in [-0.25, -0.2) is 0 Å². The van der Waals surface area contributed by atoms with E-state index in [1.54, 1.807) is 34.9 Å². The summed E-state index contributed by atoms with van der Waals surface area (Å²) >= 11 is 4.96. The fraction of sp³-hybridized carbons (Fsp3) is 0.750. The van der Waals surface area contributed by atoms with Crippen LogP contribution in [0.15, 0.2) is 8.68 Å². The fourth-order valence-corrected chi connectivity index (χ4v) is 3.36. The molecule has 0 spiro atoms. The van der Waals surface area contributed by atoms with Gasteiger partial charge in [-0.05, 0) is 12.2 Å². The van der Waals surface area contributed by atoms with Gasteiger partial charge in [0, 0.05) is 11.8 Å². The van der Waals surface area contributed by atoms with Gasteiger partial charge in [0.2, 0.25) is 0 Å². The van der Waals surface area contributed by atoms with E-state index in [-0.39, 0.29) is 6.04 Å². The van der Waals surface area contributed by atoms with Crippen LogP contribution in [-0.4, -0.2) is 28.2 Å². The lowest BCUT2D eigenvalue weighted by molar-refractivity contribution is 0.535. The minimum atomic E-state index is 0.238. The number of thioether (sulfide) groups is 2. The SMILES string of the molecule is CSc1nnc(SCC(N)C(C)C)s1. The Bertz CT molecular complexity index is 275. The van der Waals surface area contributed by atoms with Crippen molar-refractivity contribution >= 4 is 34.9 Å². The summed E-state index contributed by atoms with van der Waals surface area (Å²) < 4.78 is 2.04. The zero-order valence-electron chi connectivity index (χ0n) is 8.56. The van der Waals surface area contributed by atoms with Crippen LogP contribution in [0.25, 0.3) is 0 Å². The summed E-state index contributed by atoms with van der Waals surface area (Å²) in [5.74, 6) is 1.44. The van der Waals surface area contributed by atoms with Gasteiger partial charge < -0.3 is 5.73 Å². The highest BCUT2D eigenvalue weighted by Gasteiger charge is 2.10. The highest BCUT2D eigenvalue weighted by Crippen LogP contribution is 2.27. The normalized spacial score (nSPS) is 13.5. The molecule has 80 valence electrons. The van der Waals surface area contributed by atoms with Crippen molar-refractivity contribution in [3.05, 3.63) is 0 Å². The average molecular weight is 249 g/mol. The molecule has 0 bridgehead atoms. The van der Waals surface area contributed by atoms with Crippen LogP contribution >= 0.6 is 34.9 Å². The fourth-order valence-electron chi connectivity index (χ4n) is 0.698. The van der Waals surface area contributed by atoms with Gasteiger partial charge in [-0.2, -0.15) is 0 Å². The standard InChI is InChI=1S/C8H15N3S3/c1-5(2)6(9)4-13-8-11-10-7(12-3)14-8/h5-6H,4,9H2,1-3H3. The zero-order valence-corrected chi connectivity index (χ0v) is 11.0. The molecule has 0 aliphatic rings. The summed E-state index contributed by atoms with van der Waals surface area (Å²) in [6.45, 7) is 4.28. The second-order valence-electron chi connectivity index (χ2n) is 3.26. The molecule has 0 amide bonds. The molecule has 1 aromatic heterocycles. The number of rotatable bonds is 5. The van der Waals surface area contributed by atoms with Crippen LogP contribution in [0.2, 0.25) is 0 Å². The maximum atomic E-state index is 5.93.